The van der Waals surface area contributed by atoms with Crippen LogP contribution in [0.5, 0.6) is 5.75 Å². The van der Waals surface area contributed by atoms with Crippen molar-refractivity contribution in [3.8, 4) is 5.75 Å². The van der Waals surface area contributed by atoms with Crippen LogP contribution in [-0.2, 0) is 0 Å². The van der Waals surface area contributed by atoms with E-state index in [4.69, 9.17) is 10.7 Å². The zero-order valence-electron chi connectivity index (χ0n) is 17.8. The van der Waals surface area contributed by atoms with E-state index in [-0.39, 0.29) is 17.2 Å². The first-order valence-electron chi connectivity index (χ1n) is 10.4. The van der Waals surface area contributed by atoms with Gasteiger partial charge in [-0.15, -0.1) is 13.2 Å². The third-order valence-electron chi connectivity index (χ3n) is 5.79. The first kappa shape index (κ1) is 21.3. The van der Waals surface area contributed by atoms with Crippen molar-refractivity contribution in [3.05, 3.63) is 42.5 Å². The molecule has 0 bridgehead atoms. The van der Waals surface area contributed by atoms with Gasteiger partial charge in [-0.3, -0.25) is 0 Å². The smallest absolute Gasteiger partial charge is 0.406 e. The molecule has 5 nitrogen and oxygen atoms in total. The number of rotatable bonds is 4. The summed E-state index contributed by atoms with van der Waals surface area (Å²) in [5.74, 6) is 0.966. The molecule has 4 rings (SSSR count). The number of nitrogens with two attached hydrogens (primary N) is 1. The molecule has 1 saturated carbocycles. The molecule has 166 valence electrons. The lowest BCUT2D eigenvalue weighted by molar-refractivity contribution is -0.274. The molecule has 1 fully saturated rings. The summed E-state index contributed by atoms with van der Waals surface area (Å²) in [6.45, 7) is 6.86. The third-order valence-corrected chi connectivity index (χ3v) is 5.79. The van der Waals surface area contributed by atoms with Gasteiger partial charge in [0.05, 0.1) is 11.0 Å². The van der Waals surface area contributed by atoms with E-state index in [1.54, 1.807) is 12.1 Å². The van der Waals surface area contributed by atoms with Crippen LogP contribution in [0.15, 0.2) is 42.5 Å². The number of alkyl halides is 3. The Morgan fingerprint density at radius 1 is 1.13 bits per heavy atom. The molecule has 8 heteroatoms. The van der Waals surface area contributed by atoms with E-state index in [1.165, 1.54) is 18.6 Å². The van der Waals surface area contributed by atoms with Gasteiger partial charge in [-0.05, 0) is 73.1 Å². The lowest BCUT2D eigenvalue weighted by Crippen LogP contribution is -2.29. The number of hydrogen-bond acceptors (Lipinski definition) is 4. The zero-order chi connectivity index (χ0) is 22.4. The van der Waals surface area contributed by atoms with E-state index in [9.17, 15) is 13.2 Å². The summed E-state index contributed by atoms with van der Waals surface area (Å²) < 4.78 is 43.5. The van der Waals surface area contributed by atoms with Crippen molar-refractivity contribution in [1.29, 1.82) is 0 Å². The number of halogens is 3. The van der Waals surface area contributed by atoms with Gasteiger partial charge >= 0.3 is 6.36 Å². The molecule has 1 aliphatic rings. The van der Waals surface area contributed by atoms with Crippen LogP contribution in [0.25, 0.3) is 11.0 Å². The van der Waals surface area contributed by atoms with Crippen molar-refractivity contribution in [2.24, 2.45) is 11.3 Å². The average molecular weight is 432 g/mol. The lowest BCUT2D eigenvalue weighted by Gasteiger charge is -2.40. The molecule has 1 heterocycles. The summed E-state index contributed by atoms with van der Waals surface area (Å²) >= 11 is 0. The standard InChI is InChI=1S/C23H27F3N4O/c1-14-10-17(13-22(2,3)12-14)30-20-9-4-15(27)11-19(20)29-21(30)28-16-5-7-18(8-6-16)31-23(24,25)26/h4-9,11,14,17H,10,12-13,27H2,1-3H3,(H,28,29). The van der Waals surface area contributed by atoms with Crippen molar-refractivity contribution >= 4 is 28.4 Å². The molecule has 31 heavy (non-hydrogen) atoms. The van der Waals surface area contributed by atoms with Gasteiger partial charge in [0, 0.05) is 17.4 Å². The Morgan fingerprint density at radius 3 is 2.48 bits per heavy atom. The van der Waals surface area contributed by atoms with Gasteiger partial charge in [0.15, 0.2) is 0 Å². The molecule has 0 radical (unpaired) electrons. The van der Waals surface area contributed by atoms with Crippen molar-refractivity contribution in [3.63, 3.8) is 0 Å². The summed E-state index contributed by atoms with van der Waals surface area (Å²) in [7, 11) is 0. The predicted octanol–water partition coefficient (Wildman–Crippen LogP) is 6.65. The number of aromatic nitrogens is 2. The normalized spacial score (nSPS) is 21.2. The molecule has 2 atom stereocenters. The van der Waals surface area contributed by atoms with E-state index in [0.717, 1.165) is 23.9 Å². The van der Waals surface area contributed by atoms with Crippen LogP contribution in [0.1, 0.15) is 46.1 Å². The minimum absolute atomic E-state index is 0.209. The molecular weight excluding hydrogens is 405 g/mol. The molecule has 0 aliphatic heterocycles. The SMILES string of the molecule is CC1CC(n2c(Nc3ccc(OC(F)(F)F)cc3)nc3cc(N)ccc32)CC(C)(C)C1. The van der Waals surface area contributed by atoms with Gasteiger partial charge < -0.3 is 20.4 Å². The van der Waals surface area contributed by atoms with E-state index in [1.807, 2.05) is 18.2 Å². The maximum Gasteiger partial charge on any atom is 0.573 e. The van der Waals surface area contributed by atoms with Gasteiger partial charge in [-0.1, -0.05) is 20.8 Å². The van der Waals surface area contributed by atoms with Crippen LogP contribution in [-0.4, -0.2) is 15.9 Å². The van der Waals surface area contributed by atoms with E-state index >= 15 is 0 Å². The molecule has 0 saturated heterocycles. The Kier molecular flexibility index (Phi) is 5.27. The van der Waals surface area contributed by atoms with Gasteiger partial charge in [0.2, 0.25) is 5.95 Å². The average Bonchev–Trinajstić information content (AvgIpc) is 2.97. The number of hydrogen-bond donors (Lipinski definition) is 2. The maximum atomic E-state index is 12.4. The first-order chi connectivity index (χ1) is 14.5. The highest BCUT2D eigenvalue weighted by Gasteiger charge is 2.35. The molecule has 2 unspecified atom stereocenters. The Morgan fingerprint density at radius 2 is 1.84 bits per heavy atom. The van der Waals surface area contributed by atoms with Crippen LogP contribution < -0.4 is 15.8 Å². The number of fused-ring (bicyclic) bond motifs is 1. The number of ether oxygens (including phenoxy) is 1. The fourth-order valence-corrected chi connectivity index (χ4v) is 4.93. The number of anilines is 3. The second-order valence-electron chi connectivity index (χ2n) is 9.32. The minimum atomic E-state index is -4.71. The van der Waals surface area contributed by atoms with Crippen molar-refractivity contribution in [1.82, 2.24) is 9.55 Å². The molecule has 1 aromatic heterocycles. The minimum Gasteiger partial charge on any atom is -0.406 e. The summed E-state index contributed by atoms with van der Waals surface area (Å²) in [4.78, 5) is 4.76. The van der Waals surface area contributed by atoms with Crippen LogP contribution in [0.2, 0.25) is 0 Å². The molecule has 1 aliphatic carbocycles. The summed E-state index contributed by atoms with van der Waals surface area (Å²) in [6, 6.07) is 11.6. The second-order valence-corrected chi connectivity index (χ2v) is 9.32. The van der Waals surface area contributed by atoms with Gasteiger partial charge in [0.25, 0.3) is 0 Å². The highest BCUT2D eigenvalue weighted by molar-refractivity contribution is 5.83. The molecule has 0 spiro atoms. The Balaban J connectivity index is 1.70. The first-order valence-corrected chi connectivity index (χ1v) is 10.4. The Bertz CT molecular complexity index is 1070. The van der Waals surface area contributed by atoms with Gasteiger partial charge in [-0.2, -0.15) is 0 Å². The molecular formula is C23H27F3N4O. The van der Waals surface area contributed by atoms with Crippen LogP contribution in [0, 0.1) is 11.3 Å². The van der Waals surface area contributed by atoms with Crippen molar-refractivity contribution < 1.29 is 17.9 Å². The highest BCUT2D eigenvalue weighted by Crippen LogP contribution is 2.46. The molecule has 3 N–H and O–H groups in total. The van der Waals surface area contributed by atoms with Crippen molar-refractivity contribution in [2.75, 3.05) is 11.1 Å². The third kappa shape index (κ3) is 4.89. The van der Waals surface area contributed by atoms with Crippen molar-refractivity contribution in [2.45, 2.75) is 52.4 Å². The number of benzene rings is 2. The molecule has 3 aromatic rings. The van der Waals surface area contributed by atoms with Gasteiger partial charge in [-0.25, -0.2) is 4.98 Å². The van der Waals surface area contributed by atoms with E-state index in [2.05, 4.69) is 35.4 Å². The maximum absolute atomic E-state index is 12.4. The van der Waals surface area contributed by atoms with Gasteiger partial charge in [0.1, 0.15) is 5.75 Å². The van der Waals surface area contributed by atoms with Crippen LogP contribution in [0.4, 0.5) is 30.5 Å². The lowest BCUT2D eigenvalue weighted by atomic mass is 9.70. The van der Waals surface area contributed by atoms with E-state index in [0.29, 0.717) is 23.2 Å². The number of nitrogens with zero attached hydrogens (tertiary/aromatic N) is 2. The fraction of sp³-hybridized carbons (Fsp3) is 0.435. The zero-order valence-corrected chi connectivity index (χ0v) is 17.8. The van der Waals surface area contributed by atoms with Crippen LogP contribution in [0.3, 0.4) is 0 Å². The largest absolute Gasteiger partial charge is 0.573 e. The monoisotopic (exact) mass is 432 g/mol. The summed E-state index contributed by atoms with van der Waals surface area (Å²) in [5.41, 5.74) is 9.22. The Labute approximate surface area is 179 Å². The highest BCUT2D eigenvalue weighted by atomic mass is 19.4. The Hall–Kier alpha value is -2.90. The summed E-state index contributed by atoms with van der Waals surface area (Å²) in [5, 5.41) is 3.29. The number of imidazole rings is 1. The quantitative estimate of drug-likeness (QED) is 0.453. The summed E-state index contributed by atoms with van der Waals surface area (Å²) in [6.07, 6.45) is -1.49. The molecule has 0 amide bonds. The predicted molar refractivity (Wildman–Crippen MR) is 116 cm³/mol. The number of nitrogen functional groups attached to an aromatic ring is 1. The number of nitrogens with one attached hydrogen (secondary N) is 1. The van der Waals surface area contributed by atoms with Crippen LogP contribution >= 0.6 is 0 Å². The molecule has 2 aromatic carbocycles. The van der Waals surface area contributed by atoms with E-state index < -0.39 is 6.36 Å². The second kappa shape index (κ2) is 7.66. The fourth-order valence-electron chi connectivity index (χ4n) is 4.93. The topological polar surface area (TPSA) is 65.1 Å².